The monoisotopic (exact) mass is 202 g/mol. The Kier molecular flexibility index (Phi) is 1.42. The van der Waals surface area contributed by atoms with Crippen LogP contribution in [0.2, 0.25) is 0 Å². The minimum Gasteiger partial charge on any atom is -0.265 e. The molecule has 0 saturated heterocycles. The van der Waals surface area contributed by atoms with Crippen molar-refractivity contribution in [3.05, 3.63) is 45.9 Å². The summed E-state index contributed by atoms with van der Waals surface area (Å²) in [5.74, 6) is -0.313. The van der Waals surface area contributed by atoms with Crippen LogP contribution >= 0.6 is 0 Å². The number of hydrogen-bond acceptors (Lipinski definition) is 4. The first-order chi connectivity index (χ1) is 7.27. The highest BCUT2D eigenvalue weighted by Crippen LogP contribution is 2.14. The van der Waals surface area contributed by atoms with Crippen LogP contribution in [0.4, 0.5) is 0 Å². The minimum absolute atomic E-state index is 0.313. The number of carbonyl (C=O) groups is 1. The van der Waals surface area contributed by atoms with Gasteiger partial charge in [-0.15, -0.1) is 4.80 Å². The predicted molar refractivity (Wildman–Crippen MR) is 49.6 cm³/mol. The van der Waals surface area contributed by atoms with Crippen LogP contribution in [0.1, 0.15) is 15.9 Å². The highest BCUT2D eigenvalue weighted by molar-refractivity contribution is 5.96. The normalized spacial score (nSPS) is 13.5. The Morgan fingerprint density at radius 2 is 2.00 bits per heavy atom. The molecule has 0 aliphatic carbocycles. The van der Waals surface area contributed by atoms with Crippen LogP contribution < -0.4 is 5.69 Å². The molecule has 2 heterocycles. The van der Waals surface area contributed by atoms with E-state index >= 15 is 0 Å². The van der Waals surface area contributed by atoms with Gasteiger partial charge in [0, 0.05) is 5.56 Å². The fraction of sp³-hybridized carbons (Fsp3) is 0.111. The van der Waals surface area contributed by atoms with Gasteiger partial charge >= 0.3 is 5.69 Å². The summed E-state index contributed by atoms with van der Waals surface area (Å²) in [4.78, 5) is 24.1. The molecule has 74 valence electrons. The van der Waals surface area contributed by atoms with Crippen molar-refractivity contribution in [2.45, 2.75) is 6.54 Å². The molecule has 6 heteroatoms. The van der Waals surface area contributed by atoms with E-state index in [2.05, 4.69) is 10.3 Å². The topological polar surface area (TPSA) is 69.8 Å². The summed E-state index contributed by atoms with van der Waals surface area (Å²) < 4.78 is 1.21. The number of tetrazole rings is 1. The zero-order valence-corrected chi connectivity index (χ0v) is 7.62. The van der Waals surface area contributed by atoms with Gasteiger partial charge in [-0.1, -0.05) is 23.3 Å². The van der Waals surface area contributed by atoms with Crippen LogP contribution in [-0.2, 0) is 6.54 Å². The summed E-state index contributed by atoms with van der Waals surface area (Å²) in [6.45, 7) is 0.341. The standard InChI is InChI=1S/C9H6N4O2/c14-8-7-4-2-1-3-6(7)5-12-9(15)10-11-13(8)12/h1-4H,5H2. The number of rotatable bonds is 0. The fourth-order valence-corrected chi connectivity index (χ4v) is 1.68. The first kappa shape index (κ1) is 8.10. The summed E-state index contributed by atoms with van der Waals surface area (Å²) in [6, 6.07) is 7.14. The van der Waals surface area contributed by atoms with Crippen LogP contribution in [0, 0.1) is 0 Å². The zero-order chi connectivity index (χ0) is 10.4. The maximum Gasteiger partial charge on any atom is 0.384 e. The molecule has 1 aromatic heterocycles. The third kappa shape index (κ3) is 0.983. The van der Waals surface area contributed by atoms with Gasteiger partial charge in [-0.25, -0.2) is 9.48 Å². The molecule has 0 N–H and O–H groups in total. The average Bonchev–Trinajstić information content (AvgIpc) is 2.62. The molecular formula is C9H6N4O2. The van der Waals surface area contributed by atoms with Gasteiger partial charge in [0.2, 0.25) is 0 Å². The van der Waals surface area contributed by atoms with Crippen molar-refractivity contribution in [2.24, 2.45) is 0 Å². The number of fused-ring (bicyclic) bond motifs is 2. The van der Waals surface area contributed by atoms with Crippen molar-refractivity contribution in [2.75, 3.05) is 0 Å². The molecule has 2 aromatic rings. The van der Waals surface area contributed by atoms with Crippen LogP contribution in [0.15, 0.2) is 29.1 Å². The van der Waals surface area contributed by atoms with Crippen molar-refractivity contribution in [3.63, 3.8) is 0 Å². The van der Waals surface area contributed by atoms with Crippen molar-refractivity contribution < 1.29 is 4.79 Å². The minimum atomic E-state index is -0.502. The second-order valence-electron chi connectivity index (χ2n) is 3.28. The third-order valence-corrected chi connectivity index (χ3v) is 2.41. The van der Waals surface area contributed by atoms with Crippen molar-refractivity contribution in [1.82, 2.24) is 19.8 Å². The summed E-state index contributed by atoms with van der Waals surface area (Å²) in [6.07, 6.45) is 0. The van der Waals surface area contributed by atoms with Crippen LogP contribution in [-0.4, -0.2) is 25.7 Å². The van der Waals surface area contributed by atoms with Gasteiger partial charge in [0.05, 0.1) is 6.54 Å². The number of aromatic nitrogens is 4. The molecule has 1 aliphatic heterocycles. The van der Waals surface area contributed by atoms with E-state index in [-0.39, 0.29) is 5.91 Å². The maximum atomic E-state index is 11.8. The molecule has 0 bridgehead atoms. The van der Waals surface area contributed by atoms with Gasteiger partial charge in [0.1, 0.15) is 0 Å². The van der Waals surface area contributed by atoms with Crippen LogP contribution in [0.25, 0.3) is 0 Å². The first-order valence-electron chi connectivity index (χ1n) is 4.43. The van der Waals surface area contributed by atoms with Crippen LogP contribution in [0.3, 0.4) is 0 Å². The molecule has 0 radical (unpaired) electrons. The molecule has 1 aromatic carbocycles. The molecule has 3 rings (SSSR count). The summed E-state index contributed by atoms with van der Waals surface area (Å²) in [7, 11) is 0. The predicted octanol–water partition coefficient (Wildman–Crippen LogP) is -0.510. The molecule has 0 amide bonds. The van der Waals surface area contributed by atoms with E-state index < -0.39 is 5.69 Å². The number of nitrogens with zero attached hydrogens (tertiary/aromatic N) is 4. The lowest BCUT2D eigenvalue weighted by Gasteiger charge is -2.15. The summed E-state index contributed by atoms with van der Waals surface area (Å²) >= 11 is 0. The molecular weight excluding hydrogens is 196 g/mol. The van der Waals surface area contributed by atoms with Gasteiger partial charge in [0.25, 0.3) is 5.91 Å². The van der Waals surface area contributed by atoms with E-state index in [1.807, 2.05) is 12.1 Å². The SMILES string of the molecule is O=C1c2ccccc2Cn2c(=O)nnn21. The average molecular weight is 202 g/mol. The zero-order valence-electron chi connectivity index (χ0n) is 7.62. The molecule has 0 saturated carbocycles. The molecule has 0 unspecified atom stereocenters. The van der Waals surface area contributed by atoms with E-state index in [0.29, 0.717) is 12.1 Å². The highest BCUT2D eigenvalue weighted by Gasteiger charge is 2.24. The van der Waals surface area contributed by atoms with E-state index in [4.69, 9.17) is 0 Å². The molecule has 1 aliphatic rings. The highest BCUT2D eigenvalue weighted by atomic mass is 16.2. The van der Waals surface area contributed by atoms with Gasteiger partial charge < -0.3 is 0 Å². The number of carbonyl (C=O) groups excluding carboxylic acids is 1. The van der Waals surface area contributed by atoms with Crippen molar-refractivity contribution >= 4 is 5.91 Å². The Bertz CT molecular complexity index is 611. The van der Waals surface area contributed by atoms with E-state index in [1.54, 1.807) is 12.1 Å². The Hall–Kier alpha value is -2.24. The Morgan fingerprint density at radius 1 is 1.20 bits per heavy atom. The lowest BCUT2D eigenvalue weighted by Crippen LogP contribution is -2.34. The van der Waals surface area contributed by atoms with E-state index in [9.17, 15) is 9.59 Å². The smallest absolute Gasteiger partial charge is 0.265 e. The second kappa shape index (κ2) is 2.63. The quantitative estimate of drug-likeness (QED) is 0.492. The van der Waals surface area contributed by atoms with E-state index in [1.165, 1.54) is 4.68 Å². The van der Waals surface area contributed by atoms with Gasteiger partial charge in [-0.3, -0.25) is 4.79 Å². The molecule has 15 heavy (non-hydrogen) atoms. The largest absolute Gasteiger partial charge is 0.384 e. The molecule has 0 fully saturated rings. The Labute approximate surface area is 83.7 Å². The Morgan fingerprint density at radius 3 is 2.87 bits per heavy atom. The van der Waals surface area contributed by atoms with Gasteiger partial charge in [-0.05, 0) is 16.8 Å². The van der Waals surface area contributed by atoms with Crippen molar-refractivity contribution in [3.8, 4) is 0 Å². The second-order valence-corrected chi connectivity index (χ2v) is 3.28. The van der Waals surface area contributed by atoms with Gasteiger partial charge in [0.15, 0.2) is 0 Å². The van der Waals surface area contributed by atoms with Gasteiger partial charge in [-0.2, -0.15) is 0 Å². The molecule has 6 nitrogen and oxygen atoms in total. The van der Waals surface area contributed by atoms with Crippen LogP contribution in [0.5, 0.6) is 0 Å². The fourth-order valence-electron chi connectivity index (χ4n) is 1.68. The van der Waals surface area contributed by atoms with Crippen molar-refractivity contribution in [1.29, 1.82) is 0 Å². The first-order valence-corrected chi connectivity index (χ1v) is 4.43. The number of benzene rings is 1. The maximum absolute atomic E-state index is 11.8. The third-order valence-electron chi connectivity index (χ3n) is 2.41. The molecule has 0 spiro atoms. The number of hydrogen-bond donors (Lipinski definition) is 0. The Balaban J connectivity index is 2.30. The summed E-state index contributed by atoms with van der Waals surface area (Å²) in [5.41, 5.74) is 0.889. The lowest BCUT2D eigenvalue weighted by atomic mass is 10.1. The lowest BCUT2D eigenvalue weighted by molar-refractivity contribution is 0.0892. The van der Waals surface area contributed by atoms with E-state index in [0.717, 1.165) is 10.4 Å². The summed E-state index contributed by atoms with van der Waals surface area (Å²) in [5, 5.41) is 6.84. The molecule has 0 atom stereocenters.